The van der Waals surface area contributed by atoms with Gasteiger partial charge < -0.3 is 10.0 Å². The van der Waals surface area contributed by atoms with E-state index in [4.69, 9.17) is 0 Å². The van der Waals surface area contributed by atoms with E-state index in [1.165, 1.54) is 4.90 Å². The number of fused-ring (bicyclic) bond motifs is 1. The van der Waals surface area contributed by atoms with Gasteiger partial charge in [-0.15, -0.1) is 11.8 Å². The number of likely N-dealkylation sites (tertiary alicyclic amines) is 1. The molecule has 2 aliphatic rings. The molecular formula is C13H16N2O2S. The minimum Gasteiger partial charge on any atom is -0.390 e. The van der Waals surface area contributed by atoms with Crippen molar-refractivity contribution in [3.05, 3.63) is 24.3 Å². The number of thioether (sulfide) groups is 1. The zero-order chi connectivity index (χ0) is 12.5. The molecule has 1 aromatic carbocycles. The van der Waals surface area contributed by atoms with E-state index in [-0.39, 0.29) is 12.0 Å². The number of hydrogen-bond acceptors (Lipinski definition) is 4. The first kappa shape index (κ1) is 12.0. The van der Waals surface area contributed by atoms with Gasteiger partial charge in [0.15, 0.2) is 0 Å². The first-order valence-electron chi connectivity index (χ1n) is 6.16. The van der Waals surface area contributed by atoms with Crippen LogP contribution < -0.4 is 4.90 Å². The SMILES string of the molecule is O=C(CN1CC(O)C1)N1CCSc2ccccc21. The molecule has 3 rings (SSSR count). The lowest BCUT2D eigenvalue weighted by molar-refractivity contribution is -0.122. The number of benzene rings is 1. The first-order chi connectivity index (χ1) is 8.74. The van der Waals surface area contributed by atoms with Gasteiger partial charge in [-0.3, -0.25) is 9.69 Å². The highest BCUT2D eigenvalue weighted by Crippen LogP contribution is 2.34. The third-order valence-corrected chi connectivity index (χ3v) is 4.37. The van der Waals surface area contributed by atoms with Crippen molar-refractivity contribution >= 4 is 23.4 Å². The molecule has 0 atom stereocenters. The molecule has 18 heavy (non-hydrogen) atoms. The second-order valence-electron chi connectivity index (χ2n) is 4.71. The van der Waals surface area contributed by atoms with E-state index in [9.17, 15) is 9.90 Å². The number of amides is 1. The number of aliphatic hydroxyl groups is 1. The third-order valence-electron chi connectivity index (χ3n) is 3.33. The lowest BCUT2D eigenvalue weighted by Crippen LogP contribution is -2.54. The molecule has 0 unspecified atom stereocenters. The summed E-state index contributed by atoms with van der Waals surface area (Å²) < 4.78 is 0. The summed E-state index contributed by atoms with van der Waals surface area (Å²) in [7, 11) is 0. The van der Waals surface area contributed by atoms with Crippen LogP contribution in [0.3, 0.4) is 0 Å². The van der Waals surface area contributed by atoms with Gasteiger partial charge >= 0.3 is 0 Å². The lowest BCUT2D eigenvalue weighted by Gasteiger charge is -2.37. The zero-order valence-corrected chi connectivity index (χ0v) is 10.9. The molecule has 0 saturated carbocycles. The van der Waals surface area contributed by atoms with Crippen molar-refractivity contribution in [3.63, 3.8) is 0 Å². The molecule has 1 saturated heterocycles. The highest BCUT2D eigenvalue weighted by molar-refractivity contribution is 7.99. The molecule has 2 aliphatic heterocycles. The van der Waals surface area contributed by atoms with Crippen LogP contribution in [0, 0.1) is 0 Å². The summed E-state index contributed by atoms with van der Waals surface area (Å²) in [5.74, 6) is 1.08. The smallest absolute Gasteiger partial charge is 0.241 e. The van der Waals surface area contributed by atoms with Gasteiger partial charge in [-0.1, -0.05) is 12.1 Å². The Kier molecular flexibility index (Phi) is 3.28. The molecule has 96 valence electrons. The molecule has 4 nitrogen and oxygen atoms in total. The number of nitrogens with zero attached hydrogens (tertiary/aromatic N) is 2. The quantitative estimate of drug-likeness (QED) is 0.858. The minimum absolute atomic E-state index is 0.134. The minimum atomic E-state index is -0.248. The van der Waals surface area contributed by atoms with Crippen LogP contribution >= 0.6 is 11.8 Å². The van der Waals surface area contributed by atoms with Crippen LogP contribution in [0.25, 0.3) is 0 Å². The lowest BCUT2D eigenvalue weighted by atomic mass is 10.1. The number of rotatable bonds is 2. The van der Waals surface area contributed by atoms with Gasteiger partial charge in [-0.05, 0) is 12.1 Å². The molecular weight excluding hydrogens is 248 g/mol. The summed E-state index contributed by atoms with van der Waals surface area (Å²) in [6.07, 6.45) is -0.248. The third kappa shape index (κ3) is 2.25. The van der Waals surface area contributed by atoms with Crippen molar-refractivity contribution in [2.24, 2.45) is 0 Å². The number of anilines is 1. The average Bonchev–Trinajstić information content (AvgIpc) is 2.36. The molecule has 1 aromatic rings. The molecule has 1 fully saturated rings. The fourth-order valence-electron chi connectivity index (χ4n) is 2.38. The monoisotopic (exact) mass is 264 g/mol. The maximum Gasteiger partial charge on any atom is 0.241 e. The summed E-state index contributed by atoms with van der Waals surface area (Å²) in [4.78, 5) is 17.3. The van der Waals surface area contributed by atoms with Gasteiger partial charge in [-0.2, -0.15) is 0 Å². The summed E-state index contributed by atoms with van der Waals surface area (Å²) >= 11 is 1.80. The van der Waals surface area contributed by atoms with Crippen molar-refractivity contribution in [2.45, 2.75) is 11.0 Å². The highest BCUT2D eigenvalue weighted by Gasteiger charge is 2.29. The van der Waals surface area contributed by atoms with Gasteiger partial charge in [0.1, 0.15) is 0 Å². The fourth-order valence-corrected chi connectivity index (χ4v) is 3.37. The Morgan fingerprint density at radius 1 is 1.39 bits per heavy atom. The summed E-state index contributed by atoms with van der Waals surface area (Å²) in [6, 6.07) is 8.04. The van der Waals surface area contributed by atoms with Gasteiger partial charge in [-0.25, -0.2) is 0 Å². The Labute approximate surface area is 111 Å². The van der Waals surface area contributed by atoms with Crippen LogP contribution in [0.4, 0.5) is 5.69 Å². The van der Waals surface area contributed by atoms with E-state index < -0.39 is 0 Å². The number of para-hydroxylation sites is 1. The topological polar surface area (TPSA) is 43.8 Å². The van der Waals surface area contributed by atoms with Crippen LogP contribution in [0.5, 0.6) is 0 Å². The largest absolute Gasteiger partial charge is 0.390 e. The van der Waals surface area contributed by atoms with Crippen LogP contribution in [0.15, 0.2) is 29.2 Å². The molecule has 0 aliphatic carbocycles. The first-order valence-corrected chi connectivity index (χ1v) is 7.15. The van der Waals surface area contributed by atoms with Crippen LogP contribution in [-0.2, 0) is 4.79 Å². The van der Waals surface area contributed by atoms with Crippen molar-refractivity contribution in [2.75, 3.05) is 36.8 Å². The van der Waals surface area contributed by atoms with Crippen molar-refractivity contribution in [1.82, 2.24) is 4.90 Å². The second-order valence-corrected chi connectivity index (χ2v) is 5.85. The molecule has 0 bridgehead atoms. The molecule has 5 heteroatoms. The highest BCUT2D eigenvalue weighted by atomic mass is 32.2. The molecule has 0 radical (unpaired) electrons. The van der Waals surface area contributed by atoms with Gasteiger partial charge in [0.05, 0.1) is 18.3 Å². The number of carbonyl (C=O) groups is 1. The molecule has 1 N–H and O–H groups in total. The number of aliphatic hydroxyl groups excluding tert-OH is 1. The van der Waals surface area contributed by atoms with Gasteiger partial charge in [0.2, 0.25) is 5.91 Å². The summed E-state index contributed by atoms with van der Waals surface area (Å²) in [5.41, 5.74) is 1.03. The van der Waals surface area contributed by atoms with Gasteiger partial charge in [0.25, 0.3) is 0 Å². The van der Waals surface area contributed by atoms with Gasteiger partial charge in [0, 0.05) is 30.3 Å². The number of carbonyl (C=O) groups excluding carboxylic acids is 1. The van der Waals surface area contributed by atoms with E-state index >= 15 is 0 Å². The summed E-state index contributed by atoms with van der Waals surface area (Å²) in [6.45, 7) is 2.43. The molecule has 1 amide bonds. The van der Waals surface area contributed by atoms with Crippen LogP contribution in [0.1, 0.15) is 0 Å². The van der Waals surface area contributed by atoms with Crippen LogP contribution in [0.2, 0.25) is 0 Å². The second kappa shape index (κ2) is 4.91. The number of hydrogen-bond donors (Lipinski definition) is 1. The average molecular weight is 264 g/mol. The van der Waals surface area contributed by atoms with E-state index in [1.54, 1.807) is 11.8 Å². The van der Waals surface area contributed by atoms with E-state index in [0.29, 0.717) is 19.6 Å². The Bertz CT molecular complexity index is 460. The summed E-state index contributed by atoms with van der Waals surface area (Å²) in [5, 5.41) is 9.23. The Morgan fingerprint density at radius 2 is 2.17 bits per heavy atom. The molecule has 0 aromatic heterocycles. The Morgan fingerprint density at radius 3 is 2.94 bits per heavy atom. The Hall–Kier alpha value is -1.04. The molecule has 2 heterocycles. The Balaban J connectivity index is 1.71. The van der Waals surface area contributed by atoms with Crippen molar-refractivity contribution < 1.29 is 9.90 Å². The van der Waals surface area contributed by atoms with Crippen LogP contribution in [-0.4, -0.2) is 53.9 Å². The maximum atomic E-state index is 12.3. The maximum absolute atomic E-state index is 12.3. The number of β-amino-alcohol motifs (C(OH)–C–C–N with tert-alkyl or cyclic N) is 1. The zero-order valence-electron chi connectivity index (χ0n) is 10.1. The van der Waals surface area contributed by atoms with Crippen molar-refractivity contribution in [3.8, 4) is 0 Å². The van der Waals surface area contributed by atoms with E-state index in [2.05, 4.69) is 6.07 Å². The fraction of sp³-hybridized carbons (Fsp3) is 0.462. The normalized spacial score (nSPS) is 20.4. The predicted molar refractivity (Wildman–Crippen MR) is 72.0 cm³/mol. The predicted octanol–water partition coefficient (Wildman–Crippen LogP) is 0.802. The standard InChI is InChI=1S/C13H16N2O2S/c16-10-7-14(8-10)9-13(17)15-5-6-18-12-4-2-1-3-11(12)15/h1-4,10,16H,5-9H2. The van der Waals surface area contributed by atoms with Crippen molar-refractivity contribution in [1.29, 1.82) is 0 Å². The van der Waals surface area contributed by atoms with E-state index in [0.717, 1.165) is 18.0 Å². The molecule has 0 spiro atoms. The van der Waals surface area contributed by atoms with E-state index in [1.807, 2.05) is 28.0 Å².